The Morgan fingerprint density at radius 2 is 2.09 bits per heavy atom. The Bertz CT molecular complexity index is 1270. The van der Waals surface area contributed by atoms with Crippen LogP contribution in [0.25, 0.3) is 16.9 Å². The number of hydrogen-bond donors (Lipinski definition) is 0. The molecular weight excluding hydrogens is 581 g/mol. The summed E-state index contributed by atoms with van der Waals surface area (Å²) in [4.78, 5) is 32.8. The third kappa shape index (κ3) is 5.37. The number of pyridine rings is 1. The minimum Gasteiger partial charge on any atom is -0.374 e. The maximum atomic E-state index is 14.0. The Kier molecular flexibility index (Phi) is 7.78. The van der Waals surface area contributed by atoms with Gasteiger partial charge in [0.1, 0.15) is 11.6 Å². The summed E-state index contributed by atoms with van der Waals surface area (Å²) in [5, 5.41) is 0. The van der Waals surface area contributed by atoms with Crippen LogP contribution >= 0.6 is 31.8 Å². The maximum absolute atomic E-state index is 14.0. The lowest BCUT2D eigenvalue weighted by Crippen LogP contribution is -2.45. The maximum Gasteiger partial charge on any atom is 0.253 e. The molecule has 2 amide bonds. The summed E-state index contributed by atoms with van der Waals surface area (Å²) in [6.45, 7) is 5.11. The standard InChI is InChI=1S/C25H29FIN4O3P/c1-14-9-17(25(33)29(3)4)10-19(27)22(14)23-20(12-18-13-30(15(2)32)7-8-34-18)31-6-5-16(24(26)35)11-21(31)28-23/h5-6,9-11,18,24H,7-8,12-13,35H2,1-4H3/t18-,24?/m0/s1. The summed E-state index contributed by atoms with van der Waals surface area (Å²) in [6, 6.07) is 7.26. The summed E-state index contributed by atoms with van der Waals surface area (Å²) in [5.41, 5.74) is 5.34. The number of amides is 2. The topological polar surface area (TPSA) is 67.2 Å². The summed E-state index contributed by atoms with van der Waals surface area (Å²) < 4.78 is 22.9. The molecule has 3 heterocycles. The molecule has 186 valence electrons. The van der Waals surface area contributed by atoms with Crippen LogP contribution in [-0.2, 0) is 16.0 Å². The van der Waals surface area contributed by atoms with Crippen LogP contribution in [0.15, 0.2) is 30.5 Å². The molecule has 0 radical (unpaired) electrons. The zero-order valence-corrected chi connectivity index (χ0v) is 23.5. The Hall–Kier alpha value is -2.10. The number of carbonyl (C=O) groups excluding carboxylic acids is 2. The number of morpholine rings is 1. The molecule has 3 aromatic rings. The predicted octanol–water partition coefficient (Wildman–Crippen LogP) is 4.25. The average Bonchev–Trinajstić information content (AvgIpc) is 3.15. The molecule has 1 aliphatic rings. The molecule has 1 fully saturated rings. The minimum absolute atomic E-state index is 0.0299. The number of nitrogens with zero attached hydrogens (tertiary/aromatic N) is 4. The van der Waals surface area contributed by atoms with E-state index in [1.165, 1.54) is 0 Å². The second-order valence-corrected chi connectivity index (χ2v) is 10.8. The number of carbonyl (C=O) groups is 2. The molecule has 2 unspecified atom stereocenters. The molecule has 2 aromatic heterocycles. The van der Waals surface area contributed by atoms with Gasteiger partial charge in [-0.05, 0) is 64.9 Å². The second-order valence-electron chi connectivity index (χ2n) is 9.01. The van der Waals surface area contributed by atoms with Crippen molar-refractivity contribution in [3.8, 4) is 11.3 Å². The molecule has 0 N–H and O–H groups in total. The van der Waals surface area contributed by atoms with E-state index in [1.54, 1.807) is 43.0 Å². The van der Waals surface area contributed by atoms with Gasteiger partial charge in [-0.3, -0.25) is 9.59 Å². The Labute approximate surface area is 220 Å². The summed E-state index contributed by atoms with van der Waals surface area (Å²) in [6.07, 6.45) is 2.19. The highest BCUT2D eigenvalue weighted by atomic mass is 127. The number of halogens is 2. The van der Waals surface area contributed by atoms with E-state index < -0.39 is 5.91 Å². The molecule has 1 aliphatic heterocycles. The lowest BCUT2D eigenvalue weighted by atomic mass is 9.99. The van der Waals surface area contributed by atoms with Crippen LogP contribution in [0.3, 0.4) is 0 Å². The van der Waals surface area contributed by atoms with E-state index >= 15 is 0 Å². The van der Waals surface area contributed by atoms with Crippen molar-refractivity contribution in [2.24, 2.45) is 0 Å². The van der Waals surface area contributed by atoms with Crippen molar-refractivity contribution < 1.29 is 18.7 Å². The highest BCUT2D eigenvalue weighted by Crippen LogP contribution is 2.35. The second kappa shape index (κ2) is 10.5. The molecule has 10 heteroatoms. The largest absolute Gasteiger partial charge is 0.374 e. The van der Waals surface area contributed by atoms with Crippen molar-refractivity contribution >= 4 is 49.3 Å². The van der Waals surface area contributed by atoms with E-state index in [4.69, 9.17) is 9.72 Å². The van der Waals surface area contributed by atoms with Gasteiger partial charge in [-0.25, -0.2) is 9.37 Å². The first-order chi connectivity index (χ1) is 16.6. The van der Waals surface area contributed by atoms with Crippen molar-refractivity contribution in [3.63, 3.8) is 0 Å². The first kappa shape index (κ1) is 26.0. The number of aryl methyl sites for hydroxylation is 1. The molecule has 3 atom stereocenters. The third-order valence-electron chi connectivity index (χ3n) is 6.25. The van der Waals surface area contributed by atoms with E-state index in [2.05, 4.69) is 31.8 Å². The number of fused-ring (bicyclic) bond motifs is 1. The van der Waals surface area contributed by atoms with Crippen molar-refractivity contribution in [2.45, 2.75) is 32.3 Å². The van der Waals surface area contributed by atoms with Gasteiger partial charge in [-0.1, -0.05) is 9.24 Å². The molecule has 0 spiro atoms. The quantitative estimate of drug-likeness (QED) is 0.320. The van der Waals surface area contributed by atoms with Gasteiger partial charge < -0.3 is 18.9 Å². The zero-order chi connectivity index (χ0) is 25.4. The first-order valence-corrected chi connectivity index (χ1v) is 13.1. The van der Waals surface area contributed by atoms with Crippen LogP contribution in [0.2, 0.25) is 0 Å². The monoisotopic (exact) mass is 610 g/mol. The molecule has 1 aromatic carbocycles. The Morgan fingerprint density at radius 1 is 1.34 bits per heavy atom. The van der Waals surface area contributed by atoms with Crippen LogP contribution in [0.4, 0.5) is 4.39 Å². The molecule has 4 rings (SSSR count). The van der Waals surface area contributed by atoms with Gasteiger partial charge >= 0.3 is 0 Å². The number of rotatable bonds is 5. The summed E-state index contributed by atoms with van der Waals surface area (Å²) in [5.74, 6) is -1.22. The van der Waals surface area contributed by atoms with Gasteiger partial charge in [-0.2, -0.15) is 0 Å². The van der Waals surface area contributed by atoms with Gasteiger partial charge in [0.2, 0.25) is 5.91 Å². The fourth-order valence-corrected chi connectivity index (χ4v) is 5.67. The van der Waals surface area contributed by atoms with E-state index in [0.717, 1.165) is 26.1 Å². The van der Waals surface area contributed by atoms with Crippen LogP contribution < -0.4 is 0 Å². The molecule has 0 aliphatic carbocycles. The van der Waals surface area contributed by atoms with E-state index in [1.807, 2.05) is 29.7 Å². The lowest BCUT2D eigenvalue weighted by Gasteiger charge is -2.32. The van der Waals surface area contributed by atoms with Gasteiger partial charge in [-0.15, -0.1) is 0 Å². The molecule has 1 saturated heterocycles. The molecular formula is C25H29FIN4O3P. The Balaban J connectivity index is 1.84. The smallest absolute Gasteiger partial charge is 0.253 e. The van der Waals surface area contributed by atoms with Gasteiger partial charge in [0, 0.05) is 61.4 Å². The van der Waals surface area contributed by atoms with Crippen LogP contribution in [0, 0.1) is 10.5 Å². The van der Waals surface area contributed by atoms with E-state index in [9.17, 15) is 14.0 Å². The summed E-state index contributed by atoms with van der Waals surface area (Å²) >= 11 is 2.25. The fraction of sp³-hybridized carbons (Fsp3) is 0.400. The molecule has 0 bridgehead atoms. The number of imidazole rings is 1. The van der Waals surface area contributed by atoms with Gasteiger partial charge in [0.05, 0.1) is 24.1 Å². The molecule has 35 heavy (non-hydrogen) atoms. The normalized spacial score (nSPS) is 17.0. The number of aromatic nitrogens is 2. The van der Waals surface area contributed by atoms with Crippen molar-refractivity contribution in [1.82, 2.24) is 19.2 Å². The highest BCUT2D eigenvalue weighted by Gasteiger charge is 2.27. The SMILES string of the molecule is CC(=O)N1CCO[C@@H](Cc2c(-c3c(C)cc(C(=O)N(C)C)cc3I)nc3cc(C(F)P)ccn23)C1. The minimum atomic E-state index is -1.19. The summed E-state index contributed by atoms with van der Waals surface area (Å²) in [7, 11) is 5.63. The third-order valence-corrected chi connectivity index (χ3v) is 7.49. The molecule has 0 saturated carbocycles. The van der Waals surface area contributed by atoms with Crippen LogP contribution in [0.1, 0.15) is 40.0 Å². The van der Waals surface area contributed by atoms with Crippen LogP contribution in [0.5, 0.6) is 0 Å². The van der Waals surface area contributed by atoms with Crippen LogP contribution in [-0.4, -0.2) is 70.9 Å². The Morgan fingerprint density at radius 3 is 2.71 bits per heavy atom. The number of ether oxygens (including phenoxy) is 1. The zero-order valence-electron chi connectivity index (χ0n) is 20.2. The van der Waals surface area contributed by atoms with E-state index in [0.29, 0.717) is 42.9 Å². The number of benzene rings is 1. The number of hydrogen-bond acceptors (Lipinski definition) is 4. The number of alkyl halides is 1. The van der Waals surface area contributed by atoms with Gasteiger partial charge in [0.25, 0.3) is 5.91 Å². The molecule has 7 nitrogen and oxygen atoms in total. The van der Waals surface area contributed by atoms with Gasteiger partial charge in [0.15, 0.2) is 0 Å². The highest BCUT2D eigenvalue weighted by molar-refractivity contribution is 14.1. The predicted molar refractivity (Wildman–Crippen MR) is 145 cm³/mol. The first-order valence-electron chi connectivity index (χ1n) is 11.4. The van der Waals surface area contributed by atoms with E-state index in [-0.39, 0.29) is 17.9 Å². The van der Waals surface area contributed by atoms with Crippen molar-refractivity contribution in [3.05, 3.63) is 56.4 Å². The average molecular weight is 610 g/mol. The lowest BCUT2D eigenvalue weighted by molar-refractivity contribution is -0.136. The van der Waals surface area contributed by atoms with Crippen molar-refractivity contribution in [2.75, 3.05) is 33.8 Å². The van der Waals surface area contributed by atoms with Crippen molar-refractivity contribution in [1.29, 1.82) is 0 Å². The fourth-order valence-electron chi connectivity index (χ4n) is 4.45.